The first-order valence-electron chi connectivity index (χ1n) is 7.70. The summed E-state index contributed by atoms with van der Waals surface area (Å²) in [5.74, 6) is -0.0860. The van der Waals surface area contributed by atoms with Crippen LogP contribution in [0.4, 0.5) is 0 Å². The van der Waals surface area contributed by atoms with Crippen LogP contribution in [0.3, 0.4) is 0 Å². The number of likely N-dealkylation sites (tertiary alicyclic amines) is 1. The molecule has 1 aromatic rings. The van der Waals surface area contributed by atoms with E-state index in [-0.39, 0.29) is 34.8 Å². The van der Waals surface area contributed by atoms with Crippen LogP contribution in [0, 0.1) is 0 Å². The molecule has 3 N–H and O–H groups in total. The van der Waals surface area contributed by atoms with E-state index >= 15 is 0 Å². The Labute approximate surface area is 154 Å². The topological polar surface area (TPSA) is 102 Å². The van der Waals surface area contributed by atoms with E-state index in [4.69, 9.17) is 9.88 Å². The fraction of sp³-hybridized carbons (Fsp3) is 0.438. The average Bonchev–Trinajstić information content (AvgIpc) is 2.98. The van der Waals surface area contributed by atoms with Gasteiger partial charge in [0.15, 0.2) is 0 Å². The summed E-state index contributed by atoms with van der Waals surface area (Å²) in [6, 6.07) is 4.22. The molecule has 0 bridgehead atoms. The first-order chi connectivity index (χ1) is 11.4. The number of nitrogens with one attached hydrogen (secondary N) is 1. The third-order valence-electron chi connectivity index (χ3n) is 4.11. The van der Waals surface area contributed by atoms with Gasteiger partial charge in [0, 0.05) is 19.1 Å². The molecule has 1 fully saturated rings. The molecule has 1 atom stereocenters. The van der Waals surface area contributed by atoms with Gasteiger partial charge in [-0.1, -0.05) is 6.08 Å². The molecule has 25 heavy (non-hydrogen) atoms. The van der Waals surface area contributed by atoms with E-state index in [0.29, 0.717) is 12.3 Å². The molecule has 1 saturated heterocycles. The minimum absolute atomic E-state index is 0. The van der Waals surface area contributed by atoms with Crippen molar-refractivity contribution >= 4 is 28.3 Å². The quantitative estimate of drug-likeness (QED) is 0.681. The molecule has 0 radical (unpaired) electrons. The van der Waals surface area contributed by atoms with E-state index in [1.807, 2.05) is 6.08 Å². The van der Waals surface area contributed by atoms with Crippen LogP contribution in [0.25, 0.3) is 0 Å². The van der Waals surface area contributed by atoms with Crippen LogP contribution in [0.5, 0.6) is 5.75 Å². The predicted molar refractivity (Wildman–Crippen MR) is 98.7 cm³/mol. The fourth-order valence-corrected chi connectivity index (χ4v) is 3.42. The monoisotopic (exact) mass is 389 g/mol. The number of benzene rings is 1. The summed E-state index contributed by atoms with van der Waals surface area (Å²) in [6.07, 6.45) is 3.93. The van der Waals surface area contributed by atoms with E-state index in [0.717, 1.165) is 25.9 Å². The summed E-state index contributed by atoms with van der Waals surface area (Å²) >= 11 is 0. The Kier molecular flexibility index (Phi) is 7.88. The number of nitrogens with two attached hydrogens (primary N) is 1. The highest BCUT2D eigenvalue weighted by Crippen LogP contribution is 2.22. The Morgan fingerprint density at radius 2 is 2.24 bits per heavy atom. The van der Waals surface area contributed by atoms with Gasteiger partial charge in [0.2, 0.25) is 10.0 Å². The summed E-state index contributed by atoms with van der Waals surface area (Å²) in [4.78, 5) is 14.6. The Morgan fingerprint density at radius 1 is 1.52 bits per heavy atom. The maximum atomic E-state index is 12.5. The lowest BCUT2D eigenvalue weighted by molar-refractivity contribution is 0.0939. The summed E-state index contributed by atoms with van der Waals surface area (Å²) in [5, 5.41) is 7.98. The van der Waals surface area contributed by atoms with E-state index < -0.39 is 10.0 Å². The van der Waals surface area contributed by atoms with Crippen molar-refractivity contribution in [2.24, 2.45) is 5.14 Å². The molecule has 1 aliphatic heterocycles. The predicted octanol–water partition coefficient (Wildman–Crippen LogP) is 1.14. The van der Waals surface area contributed by atoms with Gasteiger partial charge < -0.3 is 10.1 Å². The van der Waals surface area contributed by atoms with Crippen LogP contribution < -0.4 is 15.2 Å². The molecule has 1 aromatic carbocycles. The number of ether oxygens (including phenoxy) is 1. The highest BCUT2D eigenvalue weighted by molar-refractivity contribution is 7.89. The van der Waals surface area contributed by atoms with Crippen molar-refractivity contribution in [3.63, 3.8) is 0 Å². The van der Waals surface area contributed by atoms with Crippen molar-refractivity contribution in [3.8, 4) is 5.75 Å². The van der Waals surface area contributed by atoms with Crippen LogP contribution >= 0.6 is 12.4 Å². The first kappa shape index (κ1) is 21.4. The number of methoxy groups -OCH3 is 1. The second-order valence-electron chi connectivity index (χ2n) is 5.70. The first-order valence-corrected chi connectivity index (χ1v) is 9.25. The van der Waals surface area contributed by atoms with Gasteiger partial charge in [-0.25, -0.2) is 13.6 Å². The Bertz CT molecular complexity index is 724. The summed E-state index contributed by atoms with van der Waals surface area (Å²) in [5.41, 5.74) is 0.150. The third kappa shape index (κ3) is 5.43. The summed E-state index contributed by atoms with van der Waals surface area (Å²) in [7, 11) is -2.46. The summed E-state index contributed by atoms with van der Waals surface area (Å²) in [6.45, 7) is 5.99. The maximum absolute atomic E-state index is 12.5. The van der Waals surface area contributed by atoms with Crippen LogP contribution in [0.1, 0.15) is 23.2 Å². The number of carbonyl (C=O) groups is 1. The number of sulfonamides is 1. The van der Waals surface area contributed by atoms with Crippen molar-refractivity contribution < 1.29 is 17.9 Å². The second-order valence-corrected chi connectivity index (χ2v) is 7.26. The third-order valence-corrected chi connectivity index (χ3v) is 5.02. The van der Waals surface area contributed by atoms with Crippen molar-refractivity contribution in [1.29, 1.82) is 0 Å². The normalized spacial score (nSPS) is 17.6. The van der Waals surface area contributed by atoms with E-state index in [9.17, 15) is 13.2 Å². The molecule has 9 heteroatoms. The molecule has 2 rings (SSSR count). The van der Waals surface area contributed by atoms with Gasteiger partial charge in [0.1, 0.15) is 5.75 Å². The number of nitrogens with zero attached hydrogens (tertiary/aromatic N) is 1. The molecule has 0 saturated carbocycles. The van der Waals surface area contributed by atoms with Crippen molar-refractivity contribution in [1.82, 2.24) is 10.2 Å². The standard InChI is InChI=1S/C16H23N3O4S.ClH/c1-3-8-19-9-4-5-12(19)11-18-16(20)14-10-13(24(17,21)22)6-7-15(14)23-2;/h3,6-7,10,12H,1,4-5,8-9,11H2,2H3,(H,18,20)(H2,17,21,22);1H. The lowest BCUT2D eigenvalue weighted by Crippen LogP contribution is -2.40. The summed E-state index contributed by atoms with van der Waals surface area (Å²) < 4.78 is 28.1. The molecular weight excluding hydrogens is 366 g/mol. The van der Waals surface area contributed by atoms with Gasteiger partial charge in [-0.2, -0.15) is 0 Å². The number of hydrogen-bond donors (Lipinski definition) is 2. The molecule has 0 aliphatic carbocycles. The van der Waals surface area contributed by atoms with Gasteiger partial charge in [0.05, 0.1) is 17.6 Å². The van der Waals surface area contributed by atoms with Gasteiger partial charge in [-0.05, 0) is 37.6 Å². The lowest BCUT2D eigenvalue weighted by Gasteiger charge is -2.23. The van der Waals surface area contributed by atoms with Crippen LogP contribution in [0.15, 0.2) is 35.7 Å². The van der Waals surface area contributed by atoms with Gasteiger partial charge >= 0.3 is 0 Å². The van der Waals surface area contributed by atoms with Gasteiger partial charge in [-0.15, -0.1) is 19.0 Å². The van der Waals surface area contributed by atoms with Gasteiger partial charge in [0.25, 0.3) is 5.91 Å². The van der Waals surface area contributed by atoms with Crippen LogP contribution in [-0.2, 0) is 10.0 Å². The molecule has 0 aromatic heterocycles. The Hall–Kier alpha value is -1.61. The number of carbonyl (C=O) groups excluding carboxylic acids is 1. The van der Waals surface area contributed by atoms with Crippen molar-refractivity contribution in [2.75, 3.05) is 26.7 Å². The number of hydrogen-bond acceptors (Lipinski definition) is 5. The maximum Gasteiger partial charge on any atom is 0.255 e. The number of halogens is 1. The molecule has 1 unspecified atom stereocenters. The van der Waals surface area contributed by atoms with Crippen LogP contribution in [0.2, 0.25) is 0 Å². The molecule has 0 spiro atoms. The average molecular weight is 390 g/mol. The smallest absolute Gasteiger partial charge is 0.255 e. The molecule has 1 amide bonds. The zero-order chi connectivity index (χ0) is 17.7. The second kappa shape index (κ2) is 9.19. The van der Waals surface area contributed by atoms with Crippen molar-refractivity contribution in [3.05, 3.63) is 36.4 Å². The van der Waals surface area contributed by atoms with E-state index in [1.165, 1.54) is 25.3 Å². The Balaban J connectivity index is 0.00000312. The Morgan fingerprint density at radius 3 is 2.84 bits per heavy atom. The van der Waals surface area contributed by atoms with Crippen LogP contribution in [-0.4, -0.2) is 52.0 Å². The largest absolute Gasteiger partial charge is 0.496 e. The van der Waals surface area contributed by atoms with Crippen molar-refractivity contribution in [2.45, 2.75) is 23.8 Å². The highest BCUT2D eigenvalue weighted by Gasteiger charge is 2.24. The number of rotatable bonds is 7. The lowest BCUT2D eigenvalue weighted by atomic mass is 10.1. The number of primary sulfonamides is 1. The van der Waals surface area contributed by atoms with Gasteiger partial charge in [-0.3, -0.25) is 9.69 Å². The fourth-order valence-electron chi connectivity index (χ4n) is 2.88. The minimum Gasteiger partial charge on any atom is -0.496 e. The van der Waals surface area contributed by atoms with E-state index in [2.05, 4.69) is 16.8 Å². The van der Waals surface area contributed by atoms with E-state index in [1.54, 1.807) is 0 Å². The zero-order valence-corrected chi connectivity index (χ0v) is 15.7. The minimum atomic E-state index is -3.89. The highest BCUT2D eigenvalue weighted by atomic mass is 35.5. The molecule has 1 aliphatic rings. The molecule has 140 valence electrons. The molecular formula is C16H24ClN3O4S. The number of amides is 1. The molecule has 7 nitrogen and oxygen atoms in total. The SMILES string of the molecule is C=CCN1CCCC1CNC(=O)c1cc(S(N)(=O)=O)ccc1OC.Cl. The zero-order valence-electron chi connectivity index (χ0n) is 14.1. The molecule has 1 heterocycles.